The smallest absolute Gasteiger partial charge is 0.407 e. The first-order valence-electron chi connectivity index (χ1n) is 7.15. The summed E-state index contributed by atoms with van der Waals surface area (Å²) in [5, 5.41) is 2.68. The fourth-order valence-corrected chi connectivity index (χ4v) is 1.97. The standard InChI is InChI=1S/C17H21NO3/c1-17(2,3)21-16(19)18-10-5-4-6-13-7-8-15-14(12-13)9-11-20-15/h7-8,12H,5,9-11H2,1-3H3,(H,18,19). The molecule has 0 bridgehead atoms. The summed E-state index contributed by atoms with van der Waals surface area (Å²) in [6.45, 7) is 6.75. The van der Waals surface area contributed by atoms with Crippen molar-refractivity contribution in [3.63, 3.8) is 0 Å². The number of benzene rings is 1. The lowest BCUT2D eigenvalue weighted by Crippen LogP contribution is -2.32. The third-order valence-corrected chi connectivity index (χ3v) is 2.84. The van der Waals surface area contributed by atoms with Crippen LogP contribution in [0.1, 0.15) is 38.3 Å². The average Bonchev–Trinajstić information content (AvgIpc) is 2.83. The summed E-state index contributed by atoms with van der Waals surface area (Å²) >= 11 is 0. The molecule has 21 heavy (non-hydrogen) atoms. The number of ether oxygens (including phenoxy) is 2. The van der Waals surface area contributed by atoms with Crippen LogP contribution >= 0.6 is 0 Å². The van der Waals surface area contributed by atoms with Crippen molar-refractivity contribution in [3.8, 4) is 17.6 Å². The van der Waals surface area contributed by atoms with Gasteiger partial charge in [-0.3, -0.25) is 0 Å². The molecule has 1 aliphatic heterocycles. The van der Waals surface area contributed by atoms with Crippen LogP contribution in [0.5, 0.6) is 5.75 Å². The number of hydrogen-bond acceptors (Lipinski definition) is 3. The maximum absolute atomic E-state index is 11.4. The molecule has 1 heterocycles. The van der Waals surface area contributed by atoms with Crippen LogP contribution in [-0.2, 0) is 11.2 Å². The molecule has 4 heteroatoms. The molecule has 112 valence electrons. The Bertz CT molecular complexity index is 576. The highest BCUT2D eigenvalue weighted by Crippen LogP contribution is 2.25. The van der Waals surface area contributed by atoms with Crippen LogP contribution in [0.2, 0.25) is 0 Å². The summed E-state index contributed by atoms with van der Waals surface area (Å²) in [6, 6.07) is 5.99. The fourth-order valence-electron chi connectivity index (χ4n) is 1.97. The quantitative estimate of drug-likeness (QED) is 0.672. The lowest BCUT2D eigenvalue weighted by Gasteiger charge is -2.19. The van der Waals surface area contributed by atoms with E-state index in [9.17, 15) is 4.79 Å². The highest BCUT2D eigenvalue weighted by molar-refractivity contribution is 5.67. The third-order valence-electron chi connectivity index (χ3n) is 2.84. The monoisotopic (exact) mass is 287 g/mol. The van der Waals surface area contributed by atoms with Gasteiger partial charge >= 0.3 is 6.09 Å². The second-order valence-corrected chi connectivity index (χ2v) is 5.90. The van der Waals surface area contributed by atoms with E-state index in [1.165, 1.54) is 5.56 Å². The lowest BCUT2D eigenvalue weighted by atomic mass is 10.1. The minimum atomic E-state index is -0.470. The van der Waals surface area contributed by atoms with Gasteiger partial charge in [0.25, 0.3) is 0 Å². The van der Waals surface area contributed by atoms with Crippen LogP contribution in [0.3, 0.4) is 0 Å². The van der Waals surface area contributed by atoms with Gasteiger partial charge in [-0.25, -0.2) is 4.79 Å². The molecule has 0 aliphatic carbocycles. The highest BCUT2D eigenvalue weighted by atomic mass is 16.6. The molecular formula is C17H21NO3. The van der Waals surface area contributed by atoms with Gasteiger partial charge in [0.05, 0.1) is 6.61 Å². The van der Waals surface area contributed by atoms with Crippen LogP contribution in [0, 0.1) is 11.8 Å². The van der Waals surface area contributed by atoms with E-state index in [2.05, 4.69) is 23.2 Å². The van der Waals surface area contributed by atoms with E-state index in [0.717, 1.165) is 24.3 Å². The van der Waals surface area contributed by atoms with Crippen molar-refractivity contribution in [1.82, 2.24) is 5.32 Å². The summed E-state index contributed by atoms with van der Waals surface area (Å²) in [7, 11) is 0. The van der Waals surface area contributed by atoms with Gasteiger partial charge in [-0.15, -0.1) is 0 Å². The normalized spacial score (nSPS) is 12.7. The van der Waals surface area contributed by atoms with E-state index in [0.29, 0.717) is 13.0 Å². The number of carbonyl (C=O) groups is 1. The van der Waals surface area contributed by atoms with E-state index in [1.807, 2.05) is 32.9 Å². The van der Waals surface area contributed by atoms with Crippen molar-refractivity contribution in [2.24, 2.45) is 0 Å². The molecule has 0 fully saturated rings. The Morgan fingerprint density at radius 1 is 1.43 bits per heavy atom. The van der Waals surface area contributed by atoms with Crippen LogP contribution in [0.25, 0.3) is 0 Å². The van der Waals surface area contributed by atoms with Gasteiger partial charge in [-0.1, -0.05) is 11.8 Å². The van der Waals surface area contributed by atoms with Gasteiger partial charge in [-0.05, 0) is 44.5 Å². The minimum Gasteiger partial charge on any atom is -0.493 e. The predicted octanol–water partition coefficient (Wildman–Crippen LogP) is 2.89. The molecule has 0 spiro atoms. The second kappa shape index (κ2) is 6.53. The number of fused-ring (bicyclic) bond motifs is 1. The van der Waals surface area contributed by atoms with Crippen molar-refractivity contribution in [3.05, 3.63) is 29.3 Å². The summed E-state index contributed by atoms with van der Waals surface area (Å²) in [6.07, 6.45) is 1.14. The summed E-state index contributed by atoms with van der Waals surface area (Å²) < 4.78 is 10.6. The molecule has 0 radical (unpaired) electrons. The van der Waals surface area contributed by atoms with Crippen molar-refractivity contribution < 1.29 is 14.3 Å². The Kier molecular flexibility index (Phi) is 4.74. The van der Waals surface area contributed by atoms with E-state index in [4.69, 9.17) is 9.47 Å². The van der Waals surface area contributed by atoms with Crippen LogP contribution in [0.15, 0.2) is 18.2 Å². The molecule has 0 aromatic heterocycles. The zero-order valence-electron chi connectivity index (χ0n) is 12.8. The van der Waals surface area contributed by atoms with Gasteiger partial charge in [0.2, 0.25) is 0 Å². The number of nitrogens with one attached hydrogen (secondary N) is 1. The Hall–Kier alpha value is -2.15. The Labute approximate surface area is 125 Å². The van der Waals surface area contributed by atoms with E-state index >= 15 is 0 Å². The topological polar surface area (TPSA) is 47.6 Å². The summed E-state index contributed by atoms with van der Waals surface area (Å²) in [4.78, 5) is 11.4. The number of hydrogen-bond donors (Lipinski definition) is 1. The van der Waals surface area contributed by atoms with Crippen LogP contribution in [-0.4, -0.2) is 24.8 Å². The SMILES string of the molecule is CC(C)(C)OC(=O)NCCC#Cc1ccc2c(c1)CCO2. The lowest BCUT2D eigenvalue weighted by molar-refractivity contribution is 0.0529. The molecule has 4 nitrogen and oxygen atoms in total. The number of alkyl carbamates (subject to hydrolysis) is 1. The highest BCUT2D eigenvalue weighted by Gasteiger charge is 2.15. The predicted molar refractivity (Wildman–Crippen MR) is 81.4 cm³/mol. The molecule has 2 rings (SSSR count). The summed E-state index contributed by atoms with van der Waals surface area (Å²) in [5.74, 6) is 7.11. The molecule has 1 N–H and O–H groups in total. The first-order valence-corrected chi connectivity index (χ1v) is 7.15. The number of amides is 1. The molecule has 1 amide bonds. The Morgan fingerprint density at radius 2 is 2.24 bits per heavy atom. The van der Waals surface area contributed by atoms with Crippen molar-refractivity contribution in [2.45, 2.75) is 39.2 Å². The number of rotatable bonds is 2. The third kappa shape index (κ3) is 5.03. The first-order chi connectivity index (χ1) is 9.94. The largest absolute Gasteiger partial charge is 0.493 e. The number of carbonyl (C=O) groups excluding carboxylic acids is 1. The van der Waals surface area contributed by atoms with Crippen molar-refractivity contribution in [1.29, 1.82) is 0 Å². The van der Waals surface area contributed by atoms with E-state index < -0.39 is 11.7 Å². The summed E-state index contributed by atoms with van der Waals surface area (Å²) in [5.41, 5.74) is 1.73. The maximum atomic E-state index is 11.4. The Balaban J connectivity index is 1.76. The van der Waals surface area contributed by atoms with Gasteiger partial charge in [-0.2, -0.15) is 0 Å². The van der Waals surface area contributed by atoms with Crippen molar-refractivity contribution in [2.75, 3.05) is 13.2 Å². The van der Waals surface area contributed by atoms with E-state index in [-0.39, 0.29) is 0 Å². The molecule has 1 aromatic carbocycles. The second-order valence-electron chi connectivity index (χ2n) is 5.90. The van der Waals surface area contributed by atoms with Gasteiger partial charge in [0.15, 0.2) is 0 Å². The van der Waals surface area contributed by atoms with Gasteiger partial charge in [0.1, 0.15) is 11.4 Å². The van der Waals surface area contributed by atoms with Crippen LogP contribution < -0.4 is 10.1 Å². The average molecular weight is 287 g/mol. The fraction of sp³-hybridized carbons (Fsp3) is 0.471. The van der Waals surface area contributed by atoms with Gasteiger partial charge in [0, 0.05) is 24.9 Å². The Morgan fingerprint density at radius 3 is 3.00 bits per heavy atom. The molecule has 0 unspecified atom stereocenters. The molecule has 1 aliphatic rings. The van der Waals surface area contributed by atoms with Gasteiger partial charge < -0.3 is 14.8 Å². The minimum absolute atomic E-state index is 0.404. The van der Waals surface area contributed by atoms with Crippen LogP contribution in [0.4, 0.5) is 4.79 Å². The molecule has 0 atom stereocenters. The van der Waals surface area contributed by atoms with Crippen molar-refractivity contribution >= 4 is 6.09 Å². The molecule has 0 saturated carbocycles. The molecular weight excluding hydrogens is 266 g/mol. The zero-order chi connectivity index (χ0) is 15.3. The maximum Gasteiger partial charge on any atom is 0.407 e. The zero-order valence-corrected chi connectivity index (χ0v) is 12.8. The molecule has 0 saturated heterocycles. The first kappa shape index (κ1) is 15.2. The molecule has 1 aromatic rings. The van der Waals surface area contributed by atoms with E-state index in [1.54, 1.807) is 0 Å².